The summed E-state index contributed by atoms with van der Waals surface area (Å²) in [5.74, 6) is -1.42. The molecule has 6 heteroatoms. The van der Waals surface area contributed by atoms with E-state index in [1.807, 2.05) is 13.8 Å². The quantitative estimate of drug-likeness (QED) is 0.565. The molecule has 0 unspecified atom stereocenters. The van der Waals surface area contributed by atoms with Crippen LogP contribution < -0.4 is 15.7 Å². The number of rotatable bonds is 9. The molecule has 0 saturated carbocycles. The first kappa shape index (κ1) is 16.7. The Balaban J connectivity index is 3.92. The van der Waals surface area contributed by atoms with Crippen molar-refractivity contribution in [3.63, 3.8) is 0 Å². The zero-order valence-corrected chi connectivity index (χ0v) is 11.3. The van der Waals surface area contributed by atoms with Gasteiger partial charge in [-0.15, -0.1) is 0 Å². The van der Waals surface area contributed by atoms with Crippen molar-refractivity contribution in [3.05, 3.63) is 0 Å². The summed E-state index contributed by atoms with van der Waals surface area (Å²) in [7, 11) is 0. The number of ether oxygens (including phenoxy) is 1. The normalized spacial score (nSPS) is 13.7. The lowest BCUT2D eigenvalue weighted by Crippen LogP contribution is -2.54. The van der Waals surface area contributed by atoms with Crippen LogP contribution in [0.1, 0.15) is 33.6 Å². The lowest BCUT2D eigenvalue weighted by molar-refractivity contribution is -0.309. The smallest absolute Gasteiger partial charge is 0.315 e. The average Bonchev–Trinajstić information content (AvgIpc) is 2.34. The topological polar surface area (TPSA) is 90.5 Å². The van der Waals surface area contributed by atoms with Crippen molar-refractivity contribution < 1.29 is 19.4 Å². The van der Waals surface area contributed by atoms with E-state index in [0.717, 1.165) is 0 Å². The molecule has 0 bridgehead atoms. The zero-order valence-electron chi connectivity index (χ0n) is 11.3. The van der Waals surface area contributed by atoms with Gasteiger partial charge in [0.25, 0.3) is 0 Å². The third-order valence-corrected chi connectivity index (χ3v) is 2.71. The van der Waals surface area contributed by atoms with Crippen molar-refractivity contribution in [2.75, 3.05) is 19.8 Å². The van der Waals surface area contributed by atoms with Gasteiger partial charge in [0.2, 0.25) is 0 Å². The van der Waals surface area contributed by atoms with Crippen molar-refractivity contribution in [3.8, 4) is 0 Å². The second-order valence-electron chi connectivity index (χ2n) is 4.13. The Kier molecular flexibility index (Phi) is 9.00. The summed E-state index contributed by atoms with van der Waals surface area (Å²) >= 11 is 0. The Morgan fingerprint density at radius 2 is 2.00 bits per heavy atom. The molecule has 0 aliphatic rings. The largest absolute Gasteiger partial charge is 0.548 e. The fraction of sp³-hybridized carbons (Fsp3) is 0.833. The molecule has 0 aliphatic heterocycles. The predicted octanol–water partition coefficient (Wildman–Crippen LogP) is -0.123. The number of hydrogen-bond donors (Lipinski definition) is 2. The average molecular weight is 259 g/mol. The van der Waals surface area contributed by atoms with Crippen LogP contribution in [-0.4, -0.2) is 37.8 Å². The molecule has 0 aromatic rings. The first-order valence-corrected chi connectivity index (χ1v) is 6.35. The molecular weight excluding hydrogens is 236 g/mol. The fourth-order valence-corrected chi connectivity index (χ4v) is 1.38. The van der Waals surface area contributed by atoms with Crippen molar-refractivity contribution in [1.82, 2.24) is 10.6 Å². The van der Waals surface area contributed by atoms with Gasteiger partial charge >= 0.3 is 6.03 Å². The number of urea groups is 1. The molecule has 0 saturated heterocycles. The minimum Gasteiger partial charge on any atom is -0.548 e. The second-order valence-corrected chi connectivity index (χ2v) is 4.13. The van der Waals surface area contributed by atoms with Crippen LogP contribution in [0.25, 0.3) is 0 Å². The maximum absolute atomic E-state index is 11.5. The van der Waals surface area contributed by atoms with Gasteiger partial charge in [0.1, 0.15) is 0 Å². The fourth-order valence-electron chi connectivity index (χ4n) is 1.38. The van der Waals surface area contributed by atoms with Crippen molar-refractivity contribution >= 4 is 12.0 Å². The summed E-state index contributed by atoms with van der Waals surface area (Å²) in [5.41, 5.74) is 0. The highest BCUT2D eigenvalue weighted by Gasteiger charge is 2.18. The van der Waals surface area contributed by atoms with Crippen LogP contribution in [0.3, 0.4) is 0 Å². The van der Waals surface area contributed by atoms with Crippen LogP contribution in [0.5, 0.6) is 0 Å². The molecular formula is C12H23N2O4-. The summed E-state index contributed by atoms with van der Waals surface area (Å²) in [6.45, 7) is 7.19. The Morgan fingerprint density at radius 1 is 1.33 bits per heavy atom. The molecule has 0 aromatic heterocycles. The maximum atomic E-state index is 11.5. The summed E-state index contributed by atoms with van der Waals surface area (Å²) in [4.78, 5) is 22.3. The van der Waals surface area contributed by atoms with Gasteiger partial charge < -0.3 is 25.3 Å². The Hall–Kier alpha value is -1.30. The number of carbonyl (C=O) groups excluding carboxylic acids is 2. The monoisotopic (exact) mass is 259 g/mol. The Morgan fingerprint density at radius 3 is 2.50 bits per heavy atom. The standard InChI is InChI=1S/C12H24N2O4/c1-4-9(3)10(11(15)16)14-12(17)13-7-6-8-18-5-2/h9-10H,4-8H2,1-3H3,(H,15,16)(H2,13,14,17)/p-1/t9-,10+/m1/s1. The van der Waals surface area contributed by atoms with E-state index in [2.05, 4.69) is 10.6 Å². The highest BCUT2D eigenvalue weighted by molar-refractivity contribution is 5.81. The van der Waals surface area contributed by atoms with E-state index < -0.39 is 18.0 Å². The highest BCUT2D eigenvalue weighted by Crippen LogP contribution is 2.06. The minimum atomic E-state index is -1.26. The number of aliphatic carboxylic acids is 1. The maximum Gasteiger partial charge on any atom is 0.315 e. The summed E-state index contributed by atoms with van der Waals surface area (Å²) < 4.78 is 5.11. The van der Waals surface area contributed by atoms with Crippen LogP contribution in [-0.2, 0) is 9.53 Å². The van der Waals surface area contributed by atoms with E-state index >= 15 is 0 Å². The van der Waals surface area contributed by atoms with Crippen LogP contribution in [0.2, 0.25) is 0 Å². The van der Waals surface area contributed by atoms with E-state index in [9.17, 15) is 14.7 Å². The predicted molar refractivity (Wildman–Crippen MR) is 65.9 cm³/mol. The minimum absolute atomic E-state index is 0.163. The molecule has 6 nitrogen and oxygen atoms in total. The Bertz CT molecular complexity index is 258. The van der Waals surface area contributed by atoms with Crippen molar-refractivity contribution in [2.24, 2.45) is 5.92 Å². The summed E-state index contributed by atoms with van der Waals surface area (Å²) in [6.07, 6.45) is 1.35. The molecule has 2 atom stereocenters. The summed E-state index contributed by atoms with van der Waals surface area (Å²) in [6, 6.07) is -1.44. The van der Waals surface area contributed by atoms with Gasteiger partial charge in [-0.05, 0) is 19.3 Å². The molecule has 0 rings (SSSR count). The molecule has 2 amide bonds. The van der Waals surface area contributed by atoms with E-state index in [1.54, 1.807) is 6.92 Å². The molecule has 106 valence electrons. The van der Waals surface area contributed by atoms with E-state index in [4.69, 9.17) is 4.74 Å². The van der Waals surface area contributed by atoms with Gasteiger partial charge in [-0.1, -0.05) is 20.3 Å². The molecule has 18 heavy (non-hydrogen) atoms. The molecule has 0 heterocycles. The molecule has 0 spiro atoms. The third-order valence-electron chi connectivity index (χ3n) is 2.71. The van der Waals surface area contributed by atoms with Gasteiger partial charge in [-0.25, -0.2) is 4.79 Å². The first-order valence-electron chi connectivity index (χ1n) is 6.35. The van der Waals surface area contributed by atoms with E-state index in [0.29, 0.717) is 32.6 Å². The molecule has 0 aliphatic carbocycles. The number of carbonyl (C=O) groups is 2. The number of hydrogen-bond acceptors (Lipinski definition) is 4. The molecule has 0 radical (unpaired) electrons. The number of amides is 2. The van der Waals surface area contributed by atoms with E-state index in [1.165, 1.54) is 0 Å². The van der Waals surface area contributed by atoms with Crippen molar-refractivity contribution in [1.29, 1.82) is 0 Å². The molecule has 0 fully saturated rings. The lowest BCUT2D eigenvalue weighted by atomic mass is 9.99. The number of carboxylic acid groups (broad SMARTS) is 1. The van der Waals surface area contributed by atoms with Crippen molar-refractivity contribution in [2.45, 2.75) is 39.7 Å². The summed E-state index contributed by atoms with van der Waals surface area (Å²) in [5, 5.41) is 15.9. The van der Waals surface area contributed by atoms with Crippen LogP contribution in [0.15, 0.2) is 0 Å². The van der Waals surface area contributed by atoms with Crippen LogP contribution >= 0.6 is 0 Å². The number of nitrogens with one attached hydrogen (secondary N) is 2. The lowest BCUT2D eigenvalue weighted by Gasteiger charge is -2.25. The highest BCUT2D eigenvalue weighted by atomic mass is 16.5. The van der Waals surface area contributed by atoms with E-state index in [-0.39, 0.29) is 5.92 Å². The second kappa shape index (κ2) is 9.70. The SMILES string of the molecule is CCOCCCNC(=O)N[C@H](C(=O)[O-])[C@H](C)CC. The van der Waals surface area contributed by atoms with Gasteiger partial charge in [0.15, 0.2) is 0 Å². The first-order chi connectivity index (χ1) is 8.52. The molecule has 0 aromatic carbocycles. The third kappa shape index (κ3) is 7.11. The van der Waals surface area contributed by atoms with Gasteiger partial charge in [-0.3, -0.25) is 0 Å². The van der Waals surface area contributed by atoms with Gasteiger partial charge in [-0.2, -0.15) is 0 Å². The van der Waals surface area contributed by atoms with Crippen LogP contribution in [0, 0.1) is 5.92 Å². The Labute approximate surface area is 108 Å². The molecule has 2 N–H and O–H groups in total. The zero-order chi connectivity index (χ0) is 14.0. The van der Waals surface area contributed by atoms with Gasteiger partial charge in [0.05, 0.1) is 12.0 Å². The van der Waals surface area contributed by atoms with Crippen LogP contribution in [0.4, 0.5) is 4.79 Å². The number of carboxylic acids is 1. The van der Waals surface area contributed by atoms with Gasteiger partial charge in [0, 0.05) is 19.8 Å².